The van der Waals surface area contributed by atoms with Crippen molar-refractivity contribution in [3.63, 3.8) is 0 Å². The van der Waals surface area contributed by atoms with Crippen molar-refractivity contribution in [1.29, 1.82) is 0 Å². The first-order valence-electron chi connectivity index (χ1n) is 5.43. The summed E-state index contributed by atoms with van der Waals surface area (Å²) in [6.07, 6.45) is 3.17. The molecule has 0 bridgehead atoms. The molecular formula is C12H12N2O4. The van der Waals surface area contributed by atoms with E-state index >= 15 is 0 Å². The van der Waals surface area contributed by atoms with Crippen molar-refractivity contribution in [2.24, 2.45) is 0 Å². The van der Waals surface area contributed by atoms with E-state index in [0.29, 0.717) is 5.56 Å². The van der Waals surface area contributed by atoms with Gasteiger partial charge in [0.1, 0.15) is 23.6 Å². The third-order valence-corrected chi connectivity index (χ3v) is 2.35. The van der Waals surface area contributed by atoms with E-state index in [-0.39, 0.29) is 17.9 Å². The first kappa shape index (κ1) is 12.3. The van der Waals surface area contributed by atoms with E-state index in [0.717, 1.165) is 6.26 Å². The van der Waals surface area contributed by atoms with Gasteiger partial charge >= 0.3 is 5.97 Å². The molecule has 0 aromatic carbocycles. The van der Waals surface area contributed by atoms with Gasteiger partial charge in [-0.3, -0.25) is 4.98 Å². The molecule has 0 fully saturated rings. The molecule has 1 atom stereocenters. The number of hydrogen-bond donors (Lipinski definition) is 1. The van der Waals surface area contributed by atoms with Crippen LogP contribution in [0.5, 0.6) is 0 Å². The summed E-state index contributed by atoms with van der Waals surface area (Å²) in [5.74, 6) is -0.573. The maximum Gasteiger partial charge on any atom is 0.343 e. The van der Waals surface area contributed by atoms with Gasteiger partial charge in [-0.1, -0.05) is 11.2 Å². The molecule has 18 heavy (non-hydrogen) atoms. The zero-order valence-electron chi connectivity index (χ0n) is 9.74. The fourth-order valence-electron chi connectivity index (χ4n) is 1.50. The number of nitrogens with zero attached hydrogens (tertiary/aromatic N) is 2. The summed E-state index contributed by atoms with van der Waals surface area (Å²) in [5, 5.41) is 13.8. The Morgan fingerprint density at radius 2 is 2.44 bits per heavy atom. The normalized spacial score (nSPS) is 12.1. The maximum atomic E-state index is 11.6. The lowest BCUT2D eigenvalue weighted by Crippen LogP contribution is -2.10. The van der Waals surface area contributed by atoms with Crippen LogP contribution >= 0.6 is 0 Å². The lowest BCUT2D eigenvalue weighted by Gasteiger charge is -2.08. The third-order valence-electron chi connectivity index (χ3n) is 2.35. The molecule has 0 aliphatic rings. The first-order valence-corrected chi connectivity index (χ1v) is 5.43. The molecule has 2 rings (SSSR count). The van der Waals surface area contributed by atoms with Crippen molar-refractivity contribution in [1.82, 2.24) is 10.1 Å². The van der Waals surface area contributed by atoms with E-state index in [1.807, 2.05) is 0 Å². The molecule has 2 aromatic rings. The lowest BCUT2D eigenvalue weighted by molar-refractivity contribution is 0.0520. The highest BCUT2D eigenvalue weighted by Gasteiger charge is 2.24. The molecule has 0 saturated heterocycles. The first-order chi connectivity index (χ1) is 8.74. The number of aliphatic hydroxyl groups is 1. The van der Waals surface area contributed by atoms with Crippen LogP contribution in [0.15, 0.2) is 35.3 Å². The van der Waals surface area contributed by atoms with Gasteiger partial charge in [0.2, 0.25) is 0 Å². The lowest BCUT2D eigenvalue weighted by atomic mass is 10.1. The number of ether oxygens (including phenoxy) is 1. The Kier molecular flexibility index (Phi) is 3.69. The van der Waals surface area contributed by atoms with Crippen LogP contribution in [0.4, 0.5) is 0 Å². The Labute approximate surface area is 103 Å². The highest BCUT2D eigenvalue weighted by Crippen LogP contribution is 2.23. The summed E-state index contributed by atoms with van der Waals surface area (Å²) < 4.78 is 9.57. The van der Waals surface area contributed by atoms with E-state index < -0.39 is 12.1 Å². The average molecular weight is 248 g/mol. The highest BCUT2D eigenvalue weighted by molar-refractivity contribution is 5.90. The number of carbonyl (C=O) groups is 1. The number of pyridine rings is 1. The summed E-state index contributed by atoms with van der Waals surface area (Å²) in [7, 11) is 0. The van der Waals surface area contributed by atoms with Crippen molar-refractivity contribution in [3.8, 4) is 0 Å². The van der Waals surface area contributed by atoms with Crippen molar-refractivity contribution >= 4 is 5.97 Å². The predicted molar refractivity (Wildman–Crippen MR) is 60.8 cm³/mol. The Balaban J connectivity index is 2.29. The maximum absolute atomic E-state index is 11.6. The van der Waals surface area contributed by atoms with Crippen LogP contribution in [-0.4, -0.2) is 27.8 Å². The van der Waals surface area contributed by atoms with Gasteiger partial charge in [0.15, 0.2) is 0 Å². The topological polar surface area (TPSA) is 85.5 Å². The largest absolute Gasteiger partial charge is 0.462 e. The number of aromatic nitrogens is 2. The second-order valence-corrected chi connectivity index (χ2v) is 3.52. The van der Waals surface area contributed by atoms with Gasteiger partial charge in [-0.15, -0.1) is 0 Å². The molecule has 0 unspecified atom stereocenters. The van der Waals surface area contributed by atoms with E-state index in [4.69, 9.17) is 9.26 Å². The molecule has 2 aromatic heterocycles. The summed E-state index contributed by atoms with van der Waals surface area (Å²) >= 11 is 0. The predicted octanol–water partition coefficient (Wildman–Crippen LogP) is 1.33. The van der Waals surface area contributed by atoms with Gasteiger partial charge in [-0.25, -0.2) is 4.79 Å². The van der Waals surface area contributed by atoms with Gasteiger partial charge in [0, 0.05) is 18.0 Å². The molecule has 0 spiro atoms. The molecule has 0 aliphatic heterocycles. The molecule has 0 amide bonds. The molecule has 0 radical (unpaired) electrons. The Hall–Kier alpha value is -2.21. The van der Waals surface area contributed by atoms with E-state index in [1.165, 1.54) is 6.20 Å². The number of hydrogen-bond acceptors (Lipinski definition) is 6. The Morgan fingerprint density at radius 3 is 3.11 bits per heavy atom. The standard InChI is InChI=1S/C12H12N2O4/c1-2-17-12(16)9-7-18-14-10(9)11(15)8-4-3-5-13-6-8/h3-7,11,15H,2H2,1H3/t11-/m0/s1. The SMILES string of the molecule is CCOC(=O)c1conc1[C@@H](O)c1cccnc1. The Morgan fingerprint density at radius 1 is 1.61 bits per heavy atom. The smallest absolute Gasteiger partial charge is 0.343 e. The summed E-state index contributed by atoms with van der Waals surface area (Å²) in [6.45, 7) is 1.94. The van der Waals surface area contributed by atoms with Gasteiger partial charge in [-0.05, 0) is 13.0 Å². The zero-order valence-corrected chi connectivity index (χ0v) is 9.74. The zero-order chi connectivity index (χ0) is 13.0. The average Bonchev–Trinajstić information content (AvgIpc) is 2.88. The van der Waals surface area contributed by atoms with Crippen LogP contribution < -0.4 is 0 Å². The molecular weight excluding hydrogens is 236 g/mol. The van der Waals surface area contributed by atoms with Crippen LogP contribution in [0, 0.1) is 0 Å². The highest BCUT2D eigenvalue weighted by atomic mass is 16.5. The molecule has 0 aliphatic carbocycles. The number of esters is 1. The number of rotatable bonds is 4. The van der Waals surface area contributed by atoms with Crippen LogP contribution in [0.3, 0.4) is 0 Å². The van der Waals surface area contributed by atoms with Crippen molar-refractivity contribution in [3.05, 3.63) is 47.6 Å². The van der Waals surface area contributed by atoms with E-state index in [9.17, 15) is 9.90 Å². The van der Waals surface area contributed by atoms with E-state index in [1.54, 1.807) is 25.3 Å². The molecule has 6 nitrogen and oxygen atoms in total. The van der Waals surface area contributed by atoms with Crippen LogP contribution in [0.1, 0.15) is 34.6 Å². The molecule has 6 heteroatoms. The third kappa shape index (κ3) is 2.38. The number of aliphatic hydroxyl groups excluding tert-OH is 1. The quantitative estimate of drug-likeness (QED) is 0.821. The Bertz CT molecular complexity index is 524. The van der Waals surface area contributed by atoms with Gasteiger partial charge in [-0.2, -0.15) is 0 Å². The molecule has 0 saturated carbocycles. The van der Waals surface area contributed by atoms with Crippen molar-refractivity contribution < 1.29 is 19.2 Å². The molecule has 94 valence electrons. The van der Waals surface area contributed by atoms with Crippen LogP contribution in [0.2, 0.25) is 0 Å². The second-order valence-electron chi connectivity index (χ2n) is 3.52. The fourth-order valence-corrected chi connectivity index (χ4v) is 1.50. The van der Waals surface area contributed by atoms with Crippen LogP contribution in [-0.2, 0) is 4.74 Å². The minimum atomic E-state index is -1.07. The fraction of sp³-hybridized carbons (Fsp3) is 0.250. The van der Waals surface area contributed by atoms with E-state index in [2.05, 4.69) is 10.1 Å². The number of carbonyl (C=O) groups excluding carboxylic acids is 1. The second kappa shape index (κ2) is 5.42. The van der Waals surface area contributed by atoms with Crippen LogP contribution in [0.25, 0.3) is 0 Å². The van der Waals surface area contributed by atoms with Gasteiger partial charge in [0.25, 0.3) is 0 Å². The summed E-state index contributed by atoms with van der Waals surface area (Å²) in [6, 6.07) is 3.37. The van der Waals surface area contributed by atoms with Gasteiger partial charge < -0.3 is 14.4 Å². The monoisotopic (exact) mass is 248 g/mol. The van der Waals surface area contributed by atoms with Gasteiger partial charge in [0.05, 0.1) is 6.61 Å². The van der Waals surface area contributed by atoms with Crippen molar-refractivity contribution in [2.75, 3.05) is 6.61 Å². The summed E-state index contributed by atoms with van der Waals surface area (Å²) in [5.41, 5.74) is 0.770. The van der Waals surface area contributed by atoms with Crippen molar-refractivity contribution in [2.45, 2.75) is 13.0 Å². The minimum Gasteiger partial charge on any atom is -0.462 e. The molecule has 1 N–H and O–H groups in total. The molecule has 2 heterocycles. The minimum absolute atomic E-state index is 0.119. The summed E-state index contributed by atoms with van der Waals surface area (Å²) in [4.78, 5) is 15.5.